The Labute approximate surface area is 197 Å². The van der Waals surface area contributed by atoms with E-state index in [0.29, 0.717) is 23.7 Å². The third-order valence-electron chi connectivity index (χ3n) is 4.35. The Morgan fingerprint density at radius 1 is 0.938 bits per heavy atom. The molecule has 0 spiro atoms. The number of carbonyl (C=O) groups excluding carboxylic acids is 1. The van der Waals surface area contributed by atoms with Crippen LogP contribution in [0.4, 0.5) is 0 Å². The smallest absolute Gasteiger partial charge is 0.330 e. The van der Waals surface area contributed by atoms with Crippen LogP contribution < -0.4 is 14.2 Å². The van der Waals surface area contributed by atoms with Gasteiger partial charge in [-0.1, -0.05) is 6.55 Å². The molecule has 1 aromatic carbocycles. The molecule has 1 rings (SSSR count). The molecule has 0 saturated heterocycles. The van der Waals surface area contributed by atoms with Crippen molar-refractivity contribution in [1.82, 2.24) is 0 Å². The second-order valence-electron chi connectivity index (χ2n) is 9.40. The van der Waals surface area contributed by atoms with Crippen LogP contribution in [0.5, 0.6) is 17.2 Å². The predicted molar refractivity (Wildman–Crippen MR) is 137 cm³/mol. The summed E-state index contributed by atoms with van der Waals surface area (Å²) in [6, 6.07) is 3.53. The van der Waals surface area contributed by atoms with Crippen molar-refractivity contribution in [3.8, 4) is 17.2 Å². The van der Waals surface area contributed by atoms with Crippen LogP contribution in [-0.4, -0.2) is 65.5 Å². The fourth-order valence-electron chi connectivity index (χ4n) is 3.28. The quantitative estimate of drug-likeness (QED) is 0.174. The number of carbonyl (C=O) groups is 1. The number of hydrogen-bond donors (Lipinski definition) is 0. The average molecular weight is 501 g/mol. The first-order chi connectivity index (χ1) is 14.8. The van der Waals surface area contributed by atoms with Gasteiger partial charge in [0.25, 0.3) is 0 Å². The molecule has 182 valence electrons. The minimum Gasteiger partial charge on any atom is -0.493 e. The fourth-order valence-corrected chi connectivity index (χ4v) is 10.1. The van der Waals surface area contributed by atoms with Gasteiger partial charge < -0.3 is 27.8 Å². The van der Waals surface area contributed by atoms with Crippen molar-refractivity contribution < 1.29 is 32.6 Å². The SMILES string of the molecule is COc1cc(/C=C/C(=O)OCCC(O[Si](C)(C)C)(O[Si](C)(C)C)[SiH2]C)cc(OC)c1OC. The molecule has 7 nitrogen and oxygen atoms in total. The van der Waals surface area contributed by atoms with E-state index in [4.69, 9.17) is 27.8 Å². The molecular formula is C22H40O7Si3. The minimum atomic E-state index is -1.83. The normalized spacial score (nSPS) is 13.1. The van der Waals surface area contributed by atoms with Crippen molar-refractivity contribution in [3.63, 3.8) is 0 Å². The van der Waals surface area contributed by atoms with Crippen molar-refractivity contribution in [3.05, 3.63) is 23.8 Å². The van der Waals surface area contributed by atoms with Gasteiger partial charge in [-0.05, 0) is 63.1 Å². The summed E-state index contributed by atoms with van der Waals surface area (Å²) >= 11 is 0. The maximum Gasteiger partial charge on any atom is 0.330 e. The lowest BCUT2D eigenvalue weighted by molar-refractivity contribution is -0.141. The maximum atomic E-state index is 12.3. The van der Waals surface area contributed by atoms with Crippen LogP contribution in [0.1, 0.15) is 12.0 Å². The van der Waals surface area contributed by atoms with Crippen LogP contribution >= 0.6 is 0 Å². The molecule has 1 aromatic rings. The van der Waals surface area contributed by atoms with E-state index in [1.165, 1.54) is 6.08 Å². The molecule has 32 heavy (non-hydrogen) atoms. The van der Waals surface area contributed by atoms with E-state index in [2.05, 4.69) is 45.8 Å². The Morgan fingerprint density at radius 3 is 1.81 bits per heavy atom. The zero-order valence-corrected chi connectivity index (χ0v) is 24.7. The zero-order chi connectivity index (χ0) is 24.6. The van der Waals surface area contributed by atoms with Crippen molar-refractivity contribution in [2.24, 2.45) is 0 Å². The zero-order valence-electron chi connectivity index (χ0n) is 21.3. The van der Waals surface area contributed by atoms with Crippen LogP contribution in [0, 0.1) is 0 Å². The summed E-state index contributed by atoms with van der Waals surface area (Å²) < 4.78 is 34.5. The number of benzene rings is 1. The van der Waals surface area contributed by atoms with Crippen molar-refractivity contribution in [1.29, 1.82) is 0 Å². The summed E-state index contributed by atoms with van der Waals surface area (Å²) in [5, 5.41) is 0. The second-order valence-corrected chi connectivity index (χ2v) is 20.0. The van der Waals surface area contributed by atoms with E-state index in [0.717, 1.165) is 5.56 Å². The summed E-state index contributed by atoms with van der Waals surface area (Å²) in [7, 11) is 0.297. The molecule has 0 heterocycles. The number of hydrogen-bond acceptors (Lipinski definition) is 7. The van der Waals surface area contributed by atoms with Crippen LogP contribution in [-0.2, 0) is 18.4 Å². The first kappa shape index (κ1) is 28.4. The highest BCUT2D eigenvalue weighted by Gasteiger charge is 2.39. The van der Waals surface area contributed by atoms with E-state index < -0.39 is 37.5 Å². The third kappa shape index (κ3) is 9.49. The van der Waals surface area contributed by atoms with E-state index in [1.54, 1.807) is 39.5 Å². The largest absolute Gasteiger partial charge is 0.493 e. The minimum absolute atomic E-state index is 0.244. The number of ether oxygens (including phenoxy) is 4. The molecule has 0 aromatic heterocycles. The van der Waals surface area contributed by atoms with Gasteiger partial charge >= 0.3 is 5.97 Å². The maximum absolute atomic E-state index is 12.3. The molecule has 0 bridgehead atoms. The molecular weight excluding hydrogens is 460 g/mol. The predicted octanol–water partition coefficient (Wildman–Crippen LogP) is 4.23. The van der Waals surface area contributed by atoms with Gasteiger partial charge in [0.05, 0.1) is 37.5 Å². The molecule has 0 unspecified atom stereocenters. The Kier molecular flexibility index (Phi) is 10.7. The fraction of sp³-hybridized carbons (Fsp3) is 0.591. The molecule has 0 radical (unpaired) electrons. The van der Waals surface area contributed by atoms with Gasteiger partial charge in [-0.3, -0.25) is 0 Å². The van der Waals surface area contributed by atoms with Gasteiger partial charge in [0.15, 0.2) is 28.1 Å². The van der Waals surface area contributed by atoms with Crippen LogP contribution in [0.2, 0.25) is 45.8 Å². The van der Waals surface area contributed by atoms with E-state index in [9.17, 15) is 4.79 Å². The molecule has 0 aliphatic heterocycles. The van der Waals surface area contributed by atoms with Crippen LogP contribution in [0.15, 0.2) is 18.2 Å². The summed E-state index contributed by atoms with van der Waals surface area (Å²) in [6.07, 6.45) is 3.60. The molecule has 10 heteroatoms. The molecule has 0 amide bonds. The van der Waals surface area contributed by atoms with Gasteiger partial charge in [0.2, 0.25) is 5.75 Å². The highest BCUT2D eigenvalue weighted by Crippen LogP contribution is 2.38. The van der Waals surface area contributed by atoms with E-state index in [1.807, 2.05) is 0 Å². The molecule has 0 aliphatic rings. The van der Waals surface area contributed by atoms with Crippen LogP contribution in [0.3, 0.4) is 0 Å². The summed E-state index contributed by atoms with van der Waals surface area (Å²) in [5.74, 6) is 1.11. The standard InChI is InChI=1S/C22H40O7Si3/c1-24-18-15-17(16-19(25-2)21(18)26-3)11-12-20(23)27-14-13-22(30-4,28-31(5,6)7)29-32(8,9)10/h11-12,15-16H,13-14,30H2,1-10H3/b12-11+. The molecule has 0 N–H and O–H groups in total. The van der Waals surface area contributed by atoms with Crippen molar-refractivity contribution in [2.45, 2.75) is 57.7 Å². The number of rotatable bonds is 13. The van der Waals surface area contributed by atoms with E-state index >= 15 is 0 Å². The first-order valence-corrected chi connectivity index (χ1v) is 19.8. The highest BCUT2D eigenvalue weighted by molar-refractivity contribution is 6.72. The molecule has 0 atom stereocenters. The van der Waals surface area contributed by atoms with Gasteiger partial charge in [0, 0.05) is 12.5 Å². The first-order valence-electron chi connectivity index (χ1n) is 10.8. The van der Waals surface area contributed by atoms with Crippen molar-refractivity contribution >= 4 is 38.2 Å². The molecule has 0 fully saturated rings. The summed E-state index contributed by atoms with van der Waals surface area (Å²) in [4.78, 5) is 12.3. The summed E-state index contributed by atoms with van der Waals surface area (Å²) in [6.45, 7) is 15.4. The number of methoxy groups -OCH3 is 3. The Morgan fingerprint density at radius 2 is 1.44 bits per heavy atom. The van der Waals surface area contributed by atoms with Crippen LogP contribution in [0.25, 0.3) is 6.08 Å². The molecule has 0 saturated carbocycles. The lowest BCUT2D eigenvalue weighted by Crippen LogP contribution is -2.54. The second kappa shape index (κ2) is 12.0. The Hall–Kier alpha value is -1.60. The lowest BCUT2D eigenvalue weighted by atomic mass is 10.1. The average Bonchev–Trinajstić information content (AvgIpc) is 2.68. The van der Waals surface area contributed by atoms with Gasteiger partial charge in [0.1, 0.15) is 5.41 Å². The summed E-state index contributed by atoms with van der Waals surface area (Å²) in [5.41, 5.74) is 0.145. The monoisotopic (exact) mass is 500 g/mol. The van der Waals surface area contributed by atoms with Gasteiger partial charge in [-0.15, -0.1) is 0 Å². The third-order valence-corrected chi connectivity index (χ3v) is 8.61. The Bertz CT molecular complexity index is 742. The van der Waals surface area contributed by atoms with E-state index in [-0.39, 0.29) is 6.61 Å². The van der Waals surface area contributed by atoms with Crippen molar-refractivity contribution in [2.75, 3.05) is 27.9 Å². The topological polar surface area (TPSA) is 72.5 Å². The number of esters is 1. The van der Waals surface area contributed by atoms with Gasteiger partial charge in [-0.2, -0.15) is 0 Å². The molecule has 0 aliphatic carbocycles. The Balaban J connectivity index is 2.87. The highest BCUT2D eigenvalue weighted by atomic mass is 28.4. The lowest BCUT2D eigenvalue weighted by Gasteiger charge is -2.42. The van der Waals surface area contributed by atoms with Gasteiger partial charge in [-0.25, -0.2) is 4.79 Å².